The van der Waals surface area contributed by atoms with E-state index in [1.165, 1.54) is 24.2 Å². The molecule has 0 saturated carbocycles. The Kier molecular flexibility index (Phi) is 4.08. The molecule has 5 nitrogen and oxygen atoms in total. The van der Waals surface area contributed by atoms with Crippen LogP contribution in [0.3, 0.4) is 0 Å². The molecule has 124 valence electrons. The van der Waals surface area contributed by atoms with Gasteiger partial charge >= 0.3 is 0 Å². The first-order valence-electron chi connectivity index (χ1n) is 8.21. The zero-order valence-corrected chi connectivity index (χ0v) is 14.5. The van der Waals surface area contributed by atoms with Crippen LogP contribution >= 0.6 is 11.3 Å². The van der Waals surface area contributed by atoms with E-state index in [2.05, 4.69) is 32.8 Å². The Balaban J connectivity index is 1.57. The Morgan fingerprint density at radius 1 is 1.24 bits per heavy atom. The lowest BCUT2D eigenvalue weighted by Crippen LogP contribution is -2.16. The summed E-state index contributed by atoms with van der Waals surface area (Å²) in [6.07, 6.45) is 4.25. The molecule has 0 atom stereocenters. The number of fused-ring (bicyclic) bond motifs is 1. The molecular weight excluding hydrogens is 330 g/mol. The first-order chi connectivity index (χ1) is 12.2. The fraction of sp³-hybridized carbons (Fsp3) is 0.211. The third-order valence-corrected chi connectivity index (χ3v) is 5.27. The number of pyridine rings is 1. The number of nitrogens with zero attached hydrogens (tertiary/aromatic N) is 4. The van der Waals surface area contributed by atoms with Gasteiger partial charge in [0.1, 0.15) is 5.82 Å². The summed E-state index contributed by atoms with van der Waals surface area (Å²) in [7, 11) is 0. The maximum atomic E-state index is 9.01. The van der Waals surface area contributed by atoms with E-state index in [1.807, 2.05) is 24.3 Å². The Morgan fingerprint density at radius 2 is 2.08 bits per heavy atom. The SMILES string of the molecule is C=C(c1ccnc(Nc2nc3ccc(C#N)cc3s2)c1)N1CCCC1. The van der Waals surface area contributed by atoms with E-state index >= 15 is 0 Å². The first kappa shape index (κ1) is 15.6. The largest absolute Gasteiger partial charge is 0.372 e. The second-order valence-corrected chi connectivity index (χ2v) is 7.04. The van der Waals surface area contributed by atoms with Crippen LogP contribution in [0.15, 0.2) is 43.1 Å². The van der Waals surface area contributed by atoms with E-state index < -0.39 is 0 Å². The summed E-state index contributed by atoms with van der Waals surface area (Å²) in [6, 6.07) is 11.7. The molecule has 3 heterocycles. The van der Waals surface area contributed by atoms with Crippen LogP contribution in [0, 0.1) is 11.3 Å². The number of thiazole rings is 1. The average Bonchev–Trinajstić information content (AvgIpc) is 3.30. The van der Waals surface area contributed by atoms with Crippen LogP contribution in [-0.2, 0) is 0 Å². The second kappa shape index (κ2) is 6.54. The van der Waals surface area contributed by atoms with Gasteiger partial charge in [0, 0.05) is 30.5 Å². The Labute approximate surface area is 150 Å². The summed E-state index contributed by atoms with van der Waals surface area (Å²) in [5.74, 6) is 0.748. The number of rotatable bonds is 4. The van der Waals surface area contributed by atoms with Gasteiger partial charge < -0.3 is 10.2 Å². The molecule has 3 aromatic rings. The van der Waals surface area contributed by atoms with Crippen molar-refractivity contribution in [1.29, 1.82) is 5.26 Å². The second-order valence-electron chi connectivity index (χ2n) is 6.01. The molecule has 25 heavy (non-hydrogen) atoms. The zero-order valence-electron chi connectivity index (χ0n) is 13.7. The highest BCUT2D eigenvalue weighted by molar-refractivity contribution is 7.22. The molecule has 1 aromatic carbocycles. The van der Waals surface area contributed by atoms with E-state index in [1.54, 1.807) is 12.3 Å². The topological polar surface area (TPSA) is 64.8 Å². The zero-order chi connectivity index (χ0) is 17.2. The quantitative estimate of drug-likeness (QED) is 0.759. The molecule has 1 aliphatic heterocycles. The molecular formula is C19H17N5S. The van der Waals surface area contributed by atoms with Crippen molar-refractivity contribution < 1.29 is 0 Å². The minimum absolute atomic E-state index is 0.643. The van der Waals surface area contributed by atoms with Crippen molar-refractivity contribution in [1.82, 2.24) is 14.9 Å². The molecule has 0 spiro atoms. The summed E-state index contributed by atoms with van der Waals surface area (Å²) in [6.45, 7) is 6.38. The van der Waals surface area contributed by atoms with Crippen molar-refractivity contribution >= 4 is 38.2 Å². The smallest absolute Gasteiger partial charge is 0.189 e. The molecule has 0 unspecified atom stereocenters. The lowest BCUT2D eigenvalue weighted by atomic mass is 10.2. The summed E-state index contributed by atoms with van der Waals surface area (Å²) in [5, 5.41) is 13.0. The highest BCUT2D eigenvalue weighted by Gasteiger charge is 2.15. The standard InChI is InChI=1S/C19H17N5S/c1-13(24-8-2-3-9-24)15-6-7-21-18(11-15)23-19-22-16-5-4-14(12-20)10-17(16)25-19/h4-7,10-11H,1-3,8-9H2,(H,21,22,23). The lowest BCUT2D eigenvalue weighted by molar-refractivity contribution is 0.494. The third kappa shape index (κ3) is 3.19. The summed E-state index contributed by atoms with van der Waals surface area (Å²) in [5.41, 5.74) is 3.65. The molecule has 4 rings (SSSR count). The highest BCUT2D eigenvalue weighted by atomic mass is 32.1. The van der Waals surface area contributed by atoms with Crippen molar-refractivity contribution in [2.45, 2.75) is 12.8 Å². The van der Waals surface area contributed by atoms with Crippen molar-refractivity contribution in [3.8, 4) is 6.07 Å². The number of nitrogens with one attached hydrogen (secondary N) is 1. The number of anilines is 2. The van der Waals surface area contributed by atoms with Crippen molar-refractivity contribution in [3.63, 3.8) is 0 Å². The van der Waals surface area contributed by atoms with Gasteiger partial charge in [-0.2, -0.15) is 5.26 Å². The number of hydrogen-bond acceptors (Lipinski definition) is 6. The van der Waals surface area contributed by atoms with Gasteiger partial charge in [-0.1, -0.05) is 17.9 Å². The number of nitriles is 1. The summed E-state index contributed by atoms with van der Waals surface area (Å²) in [4.78, 5) is 11.3. The van der Waals surface area contributed by atoms with Gasteiger partial charge in [-0.3, -0.25) is 0 Å². The number of aromatic nitrogens is 2. The summed E-state index contributed by atoms with van der Waals surface area (Å²) < 4.78 is 0.985. The normalized spacial score (nSPS) is 13.8. The Bertz CT molecular complexity index is 979. The molecule has 0 radical (unpaired) electrons. The van der Waals surface area contributed by atoms with Crippen molar-refractivity contribution in [3.05, 3.63) is 54.2 Å². The minimum Gasteiger partial charge on any atom is -0.372 e. The third-order valence-electron chi connectivity index (χ3n) is 4.33. The van der Waals surface area contributed by atoms with E-state index in [-0.39, 0.29) is 0 Å². The van der Waals surface area contributed by atoms with Gasteiger partial charge in [-0.05, 0) is 43.2 Å². The van der Waals surface area contributed by atoms with Crippen LogP contribution in [0.1, 0.15) is 24.0 Å². The van der Waals surface area contributed by atoms with Crippen LogP contribution in [0.2, 0.25) is 0 Å². The molecule has 1 fully saturated rings. The fourth-order valence-corrected chi connectivity index (χ4v) is 3.92. The van der Waals surface area contributed by atoms with E-state index in [9.17, 15) is 0 Å². The predicted molar refractivity (Wildman–Crippen MR) is 102 cm³/mol. The van der Waals surface area contributed by atoms with Gasteiger partial charge in [0.15, 0.2) is 5.13 Å². The maximum Gasteiger partial charge on any atom is 0.189 e. The monoisotopic (exact) mass is 347 g/mol. The van der Waals surface area contributed by atoms with Crippen LogP contribution in [0.4, 0.5) is 10.9 Å². The van der Waals surface area contributed by atoms with Crippen LogP contribution in [0.25, 0.3) is 15.9 Å². The molecule has 2 aromatic heterocycles. The number of hydrogen-bond donors (Lipinski definition) is 1. The van der Waals surface area contributed by atoms with Crippen molar-refractivity contribution in [2.24, 2.45) is 0 Å². The van der Waals surface area contributed by atoms with E-state index in [4.69, 9.17) is 5.26 Å². The van der Waals surface area contributed by atoms with Crippen LogP contribution in [0.5, 0.6) is 0 Å². The number of benzene rings is 1. The fourth-order valence-electron chi connectivity index (χ4n) is 3.01. The van der Waals surface area contributed by atoms with Crippen LogP contribution in [-0.4, -0.2) is 28.0 Å². The molecule has 0 bridgehead atoms. The Hall–Kier alpha value is -2.91. The van der Waals surface area contributed by atoms with E-state index in [0.29, 0.717) is 5.56 Å². The Morgan fingerprint density at radius 3 is 2.88 bits per heavy atom. The van der Waals surface area contributed by atoms with Crippen LogP contribution < -0.4 is 5.32 Å². The molecule has 1 saturated heterocycles. The average molecular weight is 347 g/mol. The first-order valence-corrected chi connectivity index (χ1v) is 9.02. The molecule has 0 amide bonds. The maximum absolute atomic E-state index is 9.01. The van der Waals surface area contributed by atoms with E-state index in [0.717, 1.165) is 45.5 Å². The molecule has 6 heteroatoms. The highest BCUT2D eigenvalue weighted by Crippen LogP contribution is 2.29. The molecule has 1 aliphatic rings. The van der Waals surface area contributed by atoms with Gasteiger partial charge in [-0.25, -0.2) is 9.97 Å². The minimum atomic E-state index is 0.643. The summed E-state index contributed by atoms with van der Waals surface area (Å²) >= 11 is 1.52. The lowest BCUT2D eigenvalue weighted by Gasteiger charge is -2.20. The predicted octanol–water partition coefficient (Wildman–Crippen LogP) is 4.37. The van der Waals surface area contributed by atoms with Crippen molar-refractivity contribution in [2.75, 3.05) is 18.4 Å². The van der Waals surface area contributed by atoms with Gasteiger partial charge in [0.2, 0.25) is 0 Å². The van der Waals surface area contributed by atoms with Gasteiger partial charge in [-0.15, -0.1) is 0 Å². The molecule has 0 aliphatic carbocycles. The van der Waals surface area contributed by atoms with Gasteiger partial charge in [0.25, 0.3) is 0 Å². The molecule has 1 N–H and O–H groups in total. The van der Waals surface area contributed by atoms with Gasteiger partial charge in [0.05, 0.1) is 21.8 Å². The number of likely N-dealkylation sites (tertiary alicyclic amines) is 1.